The lowest BCUT2D eigenvalue weighted by Gasteiger charge is -2.28. The number of nitrogens with zero attached hydrogens (tertiary/aromatic N) is 1. The van der Waals surface area contributed by atoms with Crippen LogP contribution in [0.3, 0.4) is 0 Å². The van der Waals surface area contributed by atoms with E-state index >= 15 is 0 Å². The normalized spacial score (nSPS) is 20.6. The Kier molecular flexibility index (Phi) is 11.2. The first-order valence-corrected chi connectivity index (χ1v) is 12.7. The van der Waals surface area contributed by atoms with Gasteiger partial charge in [0, 0.05) is 29.8 Å². The Labute approximate surface area is 205 Å². The number of carbonyl (C=O) groups is 1. The molecule has 0 radical (unpaired) electrons. The summed E-state index contributed by atoms with van der Waals surface area (Å²) in [5.41, 5.74) is 0.984. The minimum Gasteiger partial charge on any atom is -0.371 e. The Morgan fingerprint density at radius 1 is 1.25 bits per heavy atom. The number of nitrogens with one attached hydrogen (secondary N) is 3. The molecule has 1 amide bonds. The Hall–Kier alpha value is -1.42. The number of benzene rings is 1. The summed E-state index contributed by atoms with van der Waals surface area (Å²) >= 11 is 7.44. The van der Waals surface area contributed by atoms with Crippen molar-refractivity contribution in [1.82, 2.24) is 16.0 Å². The number of amides is 1. The first-order valence-electron chi connectivity index (χ1n) is 11.1. The molecule has 1 aromatic rings. The summed E-state index contributed by atoms with van der Waals surface area (Å²) < 4.78 is 0. The molecule has 3 rings (SSSR count). The van der Waals surface area contributed by atoms with Gasteiger partial charge in [0.1, 0.15) is 0 Å². The van der Waals surface area contributed by atoms with Crippen molar-refractivity contribution in [2.24, 2.45) is 5.92 Å². The molecule has 32 heavy (non-hydrogen) atoms. The van der Waals surface area contributed by atoms with Gasteiger partial charge < -0.3 is 10.6 Å². The van der Waals surface area contributed by atoms with E-state index in [-0.39, 0.29) is 42.1 Å². The van der Waals surface area contributed by atoms with Crippen molar-refractivity contribution in [3.8, 4) is 0 Å². The minimum absolute atomic E-state index is 0. The highest BCUT2D eigenvalue weighted by Gasteiger charge is 2.27. The highest BCUT2D eigenvalue weighted by atomic mass is 35.5. The molecule has 1 aromatic carbocycles. The van der Waals surface area contributed by atoms with Crippen LogP contribution >= 0.6 is 36.4 Å². The van der Waals surface area contributed by atoms with Gasteiger partial charge in [-0.05, 0) is 31.2 Å². The van der Waals surface area contributed by atoms with Gasteiger partial charge in [-0.1, -0.05) is 56.5 Å². The van der Waals surface area contributed by atoms with Gasteiger partial charge in [-0.25, -0.2) is 0 Å². The van der Waals surface area contributed by atoms with Gasteiger partial charge in [0.2, 0.25) is 5.91 Å². The molecule has 1 aliphatic heterocycles. The predicted octanol–water partition coefficient (Wildman–Crippen LogP) is 4.50. The second kappa shape index (κ2) is 13.3. The van der Waals surface area contributed by atoms with E-state index in [2.05, 4.69) is 16.0 Å². The van der Waals surface area contributed by atoms with Crippen LogP contribution < -0.4 is 16.0 Å². The Bertz CT molecular complexity index is 769. The van der Waals surface area contributed by atoms with Crippen molar-refractivity contribution in [2.45, 2.75) is 70.0 Å². The molecule has 1 aliphatic carbocycles. The third-order valence-corrected chi connectivity index (χ3v) is 7.56. The number of non-ortho nitro benzene ring substituents is 1. The maximum absolute atomic E-state index is 12.7. The summed E-state index contributed by atoms with van der Waals surface area (Å²) in [5, 5.41) is 20.6. The molecule has 0 bridgehead atoms. The number of hydrogen-bond acceptors (Lipinski definition) is 6. The maximum Gasteiger partial charge on any atom is 0.269 e. The highest BCUT2D eigenvalue weighted by Crippen LogP contribution is 2.28. The number of halogens is 1. The molecule has 1 saturated carbocycles. The summed E-state index contributed by atoms with van der Waals surface area (Å²) in [7, 11) is 0. The summed E-state index contributed by atoms with van der Waals surface area (Å²) in [6.07, 6.45) is 8.34. The highest BCUT2D eigenvalue weighted by molar-refractivity contribution is 7.99. The number of nitro benzene ring substituents is 1. The summed E-state index contributed by atoms with van der Waals surface area (Å²) in [4.78, 5) is 23.8. The fraction of sp³-hybridized carbons (Fsp3) is 0.636. The van der Waals surface area contributed by atoms with E-state index in [9.17, 15) is 14.9 Å². The van der Waals surface area contributed by atoms with Crippen molar-refractivity contribution in [3.63, 3.8) is 0 Å². The van der Waals surface area contributed by atoms with Gasteiger partial charge in [0.05, 0.1) is 22.0 Å². The van der Waals surface area contributed by atoms with E-state index in [1.165, 1.54) is 44.2 Å². The number of thioether (sulfide) groups is 1. The lowest BCUT2D eigenvalue weighted by atomic mass is 9.85. The third-order valence-electron chi connectivity index (χ3n) is 6.22. The van der Waals surface area contributed by atoms with E-state index in [1.807, 2.05) is 6.92 Å². The van der Waals surface area contributed by atoms with Gasteiger partial charge in [-0.2, -0.15) is 0 Å². The molecule has 0 unspecified atom stereocenters. The molecule has 3 N–H and O–H groups in total. The first kappa shape index (κ1) is 26.8. The van der Waals surface area contributed by atoms with Crippen LogP contribution in [0.25, 0.3) is 0 Å². The van der Waals surface area contributed by atoms with Crippen LogP contribution in [0.4, 0.5) is 5.69 Å². The quantitative estimate of drug-likeness (QED) is 0.261. The molecule has 1 heterocycles. The van der Waals surface area contributed by atoms with Crippen LogP contribution in [-0.4, -0.2) is 39.5 Å². The first-order chi connectivity index (χ1) is 14.9. The topological polar surface area (TPSA) is 96.3 Å². The molecule has 3 atom stereocenters. The van der Waals surface area contributed by atoms with E-state index in [0.717, 1.165) is 30.0 Å². The van der Waals surface area contributed by atoms with Gasteiger partial charge in [0.25, 0.3) is 5.69 Å². The SMILES string of the molecule is C[C@@H](NC(=S)[C@@H](CCC1CCCCC1)NC(=O)[C@@H]1CSCN1)c1ccc([N+](=O)[O-])cc1.Cl. The fourth-order valence-corrected chi connectivity index (χ4v) is 5.56. The molecular weight excluding hydrogens is 468 g/mol. The maximum atomic E-state index is 12.7. The van der Waals surface area contributed by atoms with Crippen molar-refractivity contribution < 1.29 is 9.72 Å². The third kappa shape index (κ3) is 7.86. The molecule has 7 nitrogen and oxygen atoms in total. The number of hydrogen-bond donors (Lipinski definition) is 3. The van der Waals surface area contributed by atoms with Crippen LogP contribution in [0.2, 0.25) is 0 Å². The molecule has 0 aromatic heterocycles. The summed E-state index contributed by atoms with van der Waals surface area (Å²) in [6, 6.07) is 6.00. The second-order valence-electron chi connectivity index (χ2n) is 8.49. The zero-order valence-corrected chi connectivity index (χ0v) is 20.8. The van der Waals surface area contributed by atoms with Crippen LogP contribution in [-0.2, 0) is 4.79 Å². The lowest BCUT2D eigenvalue weighted by Crippen LogP contribution is -2.51. The van der Waals surface area contributed by atoms with Crippen LogP contribution in [0.15, 0.2) is 24.3 Å². The van der Waals surface area contributed by atoms with E-state index in [4.69, 9.17) is 12.2 Å². The van der Waals surface area contributed by atoms with E-state index < -0.39 is 4.92 Å². The van der Waals surface area contributed by atoms with E-state index in [1.54, 1.807) is 23.9 Å². The van der Waals surface area contributed by atoms with Crippen molar-refractivity contribution in [2.75, 3.05) is 11.6 Å². The summed E-state index contributed by atoms with van der Waals surface area (Å²) in [6.45, 7) is 1.97. The van der Waals surface area contributed by atoms with Gasteiger partial charge >= 0.3 is 0 Å². The zero-order chi connectivity index (χ0) is 22.2. The Morgan fingerprint density at radius 2 is 1.94 bits per heavy atom. The zero-order valence-electron chi connectivity index (χ0n) is 18.4. The van der Waals surface area contributed by atoms with Gasteiger partial charge in [0.15, 0.2) is 0 Å². The van der Waals surface area contributed by atoms with Crippen molar-refractivity contribution in [3.05, 3.63) is 39.9 Å². The lowest BCUT2D eigenvalue weighted by molar-refractivity contribution is -0.384. The second-order valence-corrected chi connectivity index (χ2v) is 9.96. The molecule has 2 fully saturated rings. The number of carbonyl (C=O) groups excluding carboxylic acids is 1. The van der Waals surface area contributed by atoms with Crippen LogP contribution in [0, 0.1) is 16.0 Å². The molecule has 0 spiro atoms. The Morgan fingerprint density at radius 3 is 2.53 bits per heavy atom. The largest absolute Gasteiger partial charge is 0.371 e. The van der Waals surface area contributed by atoms with Crippen LogP contribution in [0.5, 0.6) is 0 Å². The molecular formula is C22H33ClN4O3S2. The summed E-state index contributed by atoms with van der Waals surface area (Å²) in [5.74, 6) is 2.29. The van der Waals surface area contributed by atoms with Crippen molar-refractivity contribution in [1.29, 1.82) is 0 Å². The molecule has 1 saturated heterocycles. The number of thiocarbonyl (C=S) groups is 1. The predicted molar refractivity (Wildman–Crippen MR) is 136 cm³/mol. The average molecular weight is 501 g/mol. The van der Waals surface area contributed by atoms with Gasteiger partial charge in [-0.15, -0.1) is 24.2 Å². The standard InChI is InChI=1S/C22H32N4O3S2.ClH/c1-15(17-8-10-18(11-9-17)26(28)29)24-22(30)19(12-7-16-5-3-2-4-6-16)25-21(27)20-13-31-14-23-20;/h8-11,15-16,19-20,23H,2-7,12-14H2,1H3,(H,24,30)(H,25,27);1H/t15-,19-,20+;/m1./s1. The Balaban J connectivity index is 0.00000363. The van der Waals surface area contributed by atoms with Crippen molar-refractivity contribution >= 4 is 53.0 Å². The fourth-order valence-electron chi connectivity index (χ4n) is 4.26. The minimum atomic E-state index is -0.404. The molecule has 178 valence electrons. The van der Waals surface area contributed by atoms with Crippen LogP contribution in [0.1, 0.15) is 63.5 Å². The van der Waals surface area contributed by atoms with E-state index in [0.29, 0.717) is 10.9 Å². The van der Waals surface area contributed by atoms with Gasteiger partial charge in [-0.3, -0.25) is 20.2 Å². The molecule has 10 heteroatoms. The monoisotopic (exact) mass is 500 g/mol. The smallest absolute Gasteiger partial charge is 0.269 e. The molecule has 2 aliphatic rings. The number of nitro groups is 1. The average Bonchev–Trinajstić information content (AvgIpc) is 3.32. The number of rotatable bonds is 9.